The van der Waals surface area contributed by atoms with Crippen LogP contribution in [0.2, 0.25) is 5.02 Å². The number of likely N-dealkylation sites (N-methyl/N-ethyl adjacent to an activating group) is 1. The van der Waals surface area contributed by atoms with E-state index in [2.05, 4.69) is 14.5 Å². The maximum Gasteiger partial charge on any atom is 0.273 e. The number of hydrogen-bond acceptors (Lipinski definition) is 6. The lowest BCUT2D eigenvalue weighted by molar-refractivity contribution is -0.385. The first-order chi connectivity index (χ1) is 13.2. The molecule has 10 heteroatoms. The molecular formula is C18H21ClN4O4S. The van der Waals surface area contributed by atoms with Crippen molar-refractivity contribution in [2.45, 2.75) is 11.8 Å². The van der Waals surface area contributed by atoms with Crippen molar-refractivity contribution < 1.29 is 13.3 Å². The number of aryl methyl sites for hydroxylation is 1. The molecule has 0 unspecified atom stereocenters. The molecule has 0 aromatic heterocycles. The van der Waals surface area contributed by atoms with Gasteiger partial charge in [0.05, 0.1) is 21.2 Å². The summed E-state index contributed by atoms with van der Waals surface area (Å²) in [6.07, 6.45) is 0. The molecule has 28 heavy (non-hydrogen) atoms. The van der Waals surface area contributed by atoms with E-state index in [0.717, 1.165) is 37.9 Å². The molecule has 1 saturated heterocycles. The molecule has 1 heterocycles. The zero-order chi connectivity index (χ0) is 20.5. The third kappa shape index (κ3) is 4.37. The Morgan fingerprint density at radius 1 is 1.11 bits per heavy atom. The van der Waals surface area contributed by atoms with Crippen LogP contribution in [-0.2, 0) is 10.0 Å². The number of rotatable bonds is 5. The van der Waals surface area contributed by atoms with Gasteiger partial charge in [0.15, 0.2) is 0 Å². The Hall–Kier alpha value is -2.36. The van der Waals surface area contributed by atoms with Crippen LogP contribution in [0.4, 0.5) is 17.1 Å². The van der Waals surface area contributed by atoms with Crippen LogP contribution in [0.5, 0.6) is 0 Å². The molecule has 2 aromatic rings. The number of nitro groups is 1. The van der Waals surface area contributed by atoms with Gasteiger partial charge in [-0.25, -0.2) is 8.42 Å². The highest BCUT2D eigenvalue weighted by Gasteiger charge is 2.23. The summed E-state index contributed by atoms with van der Waals surface area (Å²) < 4.78 is 28.3. The number of nitrogens with zero attached hydrogens (tertiary/aromatic N) is 3. The predicted molar refractivity (Wildman–Crippen MR) is 110 cm³/mol. The lowest BCUT2D eigenvalue weighted by Gasteiger charge is -2.35. The number of nitro benzene ring substituents is 1. The first-order valence-corrected chi connectivity index (χ1v) is 10.5. The first-order valence-electron chi connectivity index (χ1n) is 8.68. The number of hydrogen-bond donors (Lipinski definition) is 1. The Labute approximate surface area is 168 Å². The second-order valence-corrected chi connectivity index (χ2v) is 8.88. The zero-order valence-electron chi connectivity index (χ0n) is 15.6. The lowest BCUT2D eigenvalue weighted by atomic mass is 10.2. The van der Waals surface area contributed by atoms with E-state index in [1.54, 1.807) is 25.1 Å². The maximum atomic E-state index is 12.9. The molecule has 8 nitrogen and oxygen atoms in total. The monoisotopic (exact) mass is 424 g/mol. The summed E-state index contributed by atoms with van der Waals surface area (Å²) in [7, 11) is -1.99. The number of halogens is 1. The second-order valence-electron chi connectivity index (χ2n) is 6.76. The number of sulfonamides is 1. The van der Waals surface area contributed by atoms with Crippen molar-refractivity contribution in [3.8, 4) is 0 Å². The van der Waals surface area contributed by atoms with Gasteiger partial charge in [0.2, 0.25) is 0 Å². The normalized spacial score (nSPS) is 15.5. The van der Waals surface area contributed by atoms with Crippen LogP contribution in [0.3, 0.4) is 0 Å². The fourth-order valence-corrected chi connectivity index (χ4v) is 4.33. The Morgan fingerprint density at radius 3 is 2.43 bits per heavy atom. The number of benzene rings is 2. The van der Waals surface area contributed by atoms with Crippen molar-refractivity contribution in [3.05, 3.63) is 57.1 Å². The van der Waals surface area contributed by atoms with Crippen molar-refractivity contribution in [1.29, 1.82) is 0 Å². The minimum absolute atomic E-state index is 0.172. The first kappa shape index (κ1) is 20.4. The Kier molecular flexibility index (Phi) is 5.78. The lowest BCUT2D eigenvalue weighted by Crippen LogP contribution is -2.44. The molecule has 0 aliphatic carbocycles. The molecule has 3 rings (SSSR count). The summed E-state index contributed by atoms with van der Waals surface area (Å²) in [6, 6.07) is 8.89. The van der Waals surface area contributed by atoms with Crippen LogP contribution in [0.25, 0.3) is 0 Å². The fraction of sp³-hybridized carbons (Fsp3) is 0.333. The highest BCUT2D eigenvalue weighted by Crippen LogP contribution is 2.32. The summed E-state index contributed by atoms with van der Waals surface area (Å²) in [4.78, 5) is 14.7. The van der Waals surface area contributed by atoms with E-state index in [0.29, 0.717) is 16.3 Å². The third-order valence-corrected chi connectivity index (χ3v) is 6.33. The van der Waals surface area contributed by atoms with E-state index in [1.807, 2.05) is 7.05 Å². The predicted octanol–water partition coefficient (Wildman–Crippen LogP) is 3.11. The highest BCUT2D eigenvalue weighted by atomic mass is 35.5. The van der Waals surface area contributed by atoms with Crippen molar-refractivity contribution in [2.24, 2.45) is 0 Å². The van der Waals surface area contributed by atoms with Gasteiger partial charge in [-0.3, -0.25) is 14.8 Å². The fourth-order valence-electron chi connectivity index (χ4n) is 3.07. The number of anilines is 2. The minimum atomic E-state index is -4.02. The maximum absolute atomic E-state index is 12.9. The van der Waals surface area contributed by atoms with E-state index in [1.165, 1.54) is 12.1 Å². The van der Waals surface area contributed by atoms with Crippen molar-refractivity contribution >= 4 is 38.7 Å². The van der Waals surface area contributed by atoms with Crippen LogP contribution < -0.4 is 9.62 Å². The van der Waals surface area contributed by atoms with Gasteiger partial charge in [-0.15, -0.1) is 0 Å². The molecule has 2 aromatic carbocycles. The van der Waals surface area contributed by atoms with Crippen molar-refractivity contribution in [3.63, 3.8) is 0 Å². The Bertz CT molecular complexity index is 1000. The Morgan fingerprint density at radius 2 is 1.79 bits per heavy atom. The van der Waals surface area contributed by atoms with Crippen LogP contribution >= 0.6 is 11.6 Å². The average Bonchev–Trinajstić information content (AvgIpc) is 2.62. The van der Waals surface area contributed by atoms with E-state index in [9.17, 15) is 18.5 Å². The molecule has 150 valence electrons. The molecular weight excluding hydrogens is 404 g/mol. The smallest absolute Gasteiger partial charge is 0.273 e. The van der Waals surface area contributed by atoms with Gasteiger partial charge in [-0.05, 0) is 38.2 Å². The Balaban J connectivity index is 1.95. The zero-order valence-corrected chi connectivity index (χ0v) is 17.1. The van der Waals surface area contributed by atoms with Crippen LogP contribution in [0.15, 0.2) is 41.3 Å². The topological polar surface area (TPSA) is 95.8 Å². The van der Waals surface area contributed by atoms with E-state index < -0.39 is 14.9 Å². The molecule has 0 bridgehead atoms. The standard InChI is InChI=1S/C18H21ClN4O4S/c1-13-3-5-15(12-18(13)23(24)25)28(26,27)20-16-11-14(19)4-6-17(16)22-9-7-21(2)8-10-22/h3-6,11-12,20H,7-10H2,1-2H3. The van der Waals surface area contributed by atoms with Crippen molar-refractivity contribution in [1.82, 2.24) is 4.90 Å². The molecule has 0 amide bonds. The second kappa shape index (κ2) is 7.94. The molecule has 0 radical (unpaired) electrons. The summed E-state index contributed by atoms with van der Waals surface area (Å²) in [5, 5.41) is 11.5. The summed E-state index contributed by atoms with van der Waals surface area (Å²) in [5.41, 5.74) is 1.22. The molecule has 1 aliphatic heterocycles. The minimum Gasteiger partial charge on any atom is -0.367 e. The molecule has 1 N–H and O–H groups in total. The number of nitrogens with one attached hydrogen (secondary N) is 1. The molecule has 0 saturated carbocycles. The van der Waals surface area contributed by atoms with Gasteiger partial charge >= 0.3 is 0 Å². The molecule has 1 fully saturated rings. The quantitative estimate of drug-likeness (QED) is 0.585. The van der Waals surface area contributed by atoms with Crippen LogP contribution in [0, 0.1) is 17.0 Å². The summed E-state index contributed by atoms with van der Waals surface area (Å²) in [5.74, 6) is 0. The number of piperazine rings is 1. The molecule has 0 atom stereocenters. The molecule has 1 aliphatic rings. The van der Waals surface area contributed by atoms with Crippen molar-refractivity contribution in [2.75, 3.05) is 42.8 Å². The van der Waals surface area contributed by atoms with Gasteiger partial charge in [-0.2, -0.15) is 0 Å². The van der Waals surface area contributed by atoms with E-state index >= 15 is 0 Å². The van der Waals surface area contributed by atoms with E-state index in [-0.39, 0.29) is 10.6 Å². The third-order valence-electron chi connectivity index (χ3n) is 4.73. The summed E-state index contributed by atoms with van der Waals surface area (Å²) in [6.45, 7) is 4.79. The highest BCUT2D eigenvalue weighted by molar-refractivity contribution is 7.92. The average molecular weight is 425 g/mol. The van der Waals surface area contributed by atoms with Crippen LogP contribution in [-0.4, -0.2) is 51.5 Å². The van der Waals surface area contributed by atoms with Gasteiger partial charge in [0.25, 0.3) is 15.7 Å². The van der Waals surface area contributed by atoms with Gasteiger partial charge in [0.1, 0.15) is 0 Å². The van der Waals surface area contributed by atoms with E-state index in [4.69, 9.17) is 11.6 Å². The van der Waals surface area contributed by atoms with Gasteiger partial charge in [-0.1, -0.05) is 17.7 Å². The van der Waals surface area contributed by atoms with Crippen LogP contribution in [0.1, 0.15) is 5.56 Å². The van der Waals surface area contributed by atoms with Gasteiger partial charge in [0, 0.05) is 42.8 Å². The SMILES string of the molecule is Cc1ccc(S(=O)(=O)Nc2cc(Cl)ccc2N2CCN(C)CC2)cc1[N+](=O)[O-]. The molecule has 0 spiro atoms. The van der Waals surface area contributed by atoms with Gasteiger partial charge < -0.3 is 9.80 Å². The summed E-state index contributed by atoms with van der Waals surface area (Å²) >= 11 is 6.09. The largest absolute Gasteiger partial charge is 0.367 e.